The fourth-order valence-corrected chi connectivity index (χ4v) is 4.39. The van der Waals surface area contributed by atoms with Gasteiger partial charge in [0.05, 0.1) is 18.2 Å². The number of imidazole rings is 1. The molecule has 1 aromatic carbocycles. The molecule has 6 nitrogen and oxygen atoms in total. The molecule has 0 saturated carbocycles. The van der Waals surface area contributed by atoms with E-state index in [1.165, 1.54) is 0 Å². The molecular formula is C26H28N6. The van der Waals surface area contributed by atoms with Gasteiger partial charge in [0, 0.05) is 53.3 Å². The van der Waals surface area contributed by atoms with Crippen molar-refractivity contribution in [1.29, 1.82) is 0 Å². The molecule has 0 bridgehead atoms. The number of benzene rings is 1. The Balaban J connectivity index is 1.36. The third-order valence-corrected chi connectivity index (χ3v) is 6.38. The molecule has 0 unspecified atom stereocenters. The maximum atomic E-state index is 4.65. The second-order valence-electron chi connectivity index (χ2n) is 8.67. The van der Waals surface area contributed by atoms with Gasteiger partial charge in [-0.25, -0.2) is 9.97 Å². The summed E-state index contributed by atoms with van der Waals surface area (Å²) < 4.78 is 2.02. The average Bonchev–Trinajstić information content (AvgIpc) is 3.25. The van der Waals surface area contributed by atoms with Crippen LogP contribution in [0.1, 0.15) is 30.0 Å². The SMILES string of the molecule is C=C(Nc1cc2cc(-c3cncn3C)ccc2cn1)c1ccnc(C2CCN(C)CC2)c1. The van der Waals surface area contributed by atoms with Gasteiger partial charge in [0.15, 0.2) is 0 Å². The second kappa shape index (κ2) is 8.55. The molecule has 1 saturated heterocycles. The summed E-state index contributed by atoms with van der Waals surface area (Å²) in [6.45, 7) is 6.51. The number of aromatic nitrogens is 4. The minimum Gasteiger partial charge on any atom is -0.340 e. The number of fused-ring (bicyclic) bond motifs is 1. The Hall–Kier alpha value is -3.51. The van der Waals surface area contributed by atoms with Crippen LogP contribution in [0.3, 0.4) is 0 Å². The number of likely N-dealkylation sites (tertiary alicyclic amines) is 1. The Morgan fingerprint density at radius 1 is 1.00 bits per heavy atom. The van der Waals surface area contributed by atoms with E-state index in [-0.39, 0.29) is 0 Å². The summed E-state index contributed by atoms with van der Waals surface area (Å²) in [7, 11) is 4.19. The number of pyridine rings is 2. The van der Waals surface area contributed by atoms with Crippen LogP contribution in [0.15, 0.2) is 67.9 Å². The molecule has 1 N–H and O–H groups in total. The highest BCUT2D eigenvalue weighted by Crippen LogP contribution is 2.29. The Kier molecular flexibility index (Phi) is 5.45. The van der Waals surface area contributed by atoms with E-state index in [0.717, 1.165) is 70.7 Å². The highest BCUT2D eigenvalue weighted by Gasteiger charge is 2.20. The van der Waals surface area contributed by atoms with Gasteiger partial charge in [0.2, 0.25) is 0 Å². The molecule has 0 amide bonds. The number of nitrogens with one attached hydrogen (secondary N) is 1. The number of hydrogen-bond acceptors (Lipinski definition) is 5. The summed E-state index contributed by atoms with van der Waals surface area (Å²) >= 11 is 0. The monoisotopic (exact) mass is 424 g/mol. The van der Waals surface area contributed by atoms with Gasteiger partial charge in [-0.2, -0.15) is 0 Å². The summed E-state index contributed by atoms with van der Waals surface area (Å²) in [4.78, 5) is 15.9. The lowest BCUT2D eigenvalue weighted by molar-refractivity contribution is 0.253. The molecule has 32 heavy (non-hydrogen) atoms. The zero-order valence-corrected chi connectivity index (χ0v) is 18.6. The quantitative estimate of drug-likeness (QED) is 0.493. The molecule has 0 radical (unpaired) electrons. The first-order valence-corrected chi connectivity index (χ1v) is 11.0. The maximum Gasteiger partial charge on any atom is 0.130 e. The molecule has 3 aromatic heterocycles. The molecule has 5 rings (SSSR count). The standard InChI is InChI=1S/C26H28N6/c1-18(20-6-9-28-24(13-20)19-7-10-31(2)11-8-19)30-26-14-23-12-21(4-5-22(23)15-29-26)25-16-27-17-32(25)3/h4-6,9,12-17,19H,1,7-8,10-11H2,2-3H3,(H,29,30). The number of aryl methyl sites for hydroxylation is 1. The van der Waals surface area contributed by atoms with Crippen LogP contribution in [-0.2, 0) is 7.05 Å². The van der Waals surface area contributed by atoms with Crippen LogP contribution >= 0.6 is 0 Å². The van der Waals surface area contributed by atoms with E-state index in [1.54, 1.807) is 0 Å². The first kappa shape index (κ1) is 20.4. The van der Waals surface area contributed by atoms with Crippen molar-refractivity contribution in [1.82, 2.24) is 24.4 Å². The fourth-order valence-electron chi connectivity index (χ4n) is 4.39. The lowest BCUT2D eigenvalue weighted by Crippen LogP contribution is -2.29. The third-order valence-electron chi connectivity index (χ3n) is 6.38. The molecule has 0 atom stereocenters. The molecule has 6 heteroatoms. The summed E-state index contributed by atoms with van der Waals surface area (Å²) in [5.74, 6) is 1.30. The van der Waals surface area contributed by atoms with Crippen LogP contribution in [0, 0.1) is 0 Å². The smallest absolute Gasteiger partial charge is 0.130 e. The second-order valence-corrected chi connectivity index (χ2v) is 8.67. The lowest BCUT2D eigenvalue weighted by atomic mass is 9.92. The zero-order valence-electron chi connectivity index (χ0n) is 18.6. The van der Waals surface area contributed by atoms with Crippen molar-refractivity contribution < 1.29 is 0 Å². The van der Waals surface area contributed by atoms with Crippen LogP contribution < -0.4 is 5.32 Å². The van der Waals surface area contributed by atoms with Gasteiger partial charge in [0.1, 0.15) is 5.82 Å². The number of hydrogen-bond donors (Lipinski definition) is 1. The Morgan fingerprint density at radius 2 is 1.84 bits per heavy atom. The van der Waals surface area contributed by atoms with Crippen molar-refractivity contribution in [3.63, 3.8) is 0 Å². The first-order valence-electron chi connectivity index (χ1n) is 11.0. The minimum absolute atomic E-state index is 0.517. The van der Waals surface area contributed by atoms with Crippen molar-refractivity contribution in [2.24, 2.45) is 7.05 Å². The zero-order chi connectivity index (χ0) is 22.1. The normalized spacial score (nSPS) is 15.2. The molecule has 4 aromatic rings. The van der Waals surface area contributed by atoms with Crippen molar-refractivity contribution in [3.05, 3.63) is 79.2 Å². The number of nitrogens with zero attached hydrogens (tertiary/aromatic N) is 5. The molecule has 0 aliphatic carbocycles. The summed E-state index contributed by atoms with van der Waals surface area (Å²) in [6, 6.07) is 12.6. The van der Waals surface area contributed by atoms with E-state index >= 15 is 0 Å². The van der Waals surface area contributed by atoms with Gasteiger partial charge in [-0.1, -0.05) is 18.7 Å². The number of anilines is 1. The van der Waals surface area contributed by atoms with E-state index in [4.69, 9.17) is 0 Å². The molecule has 162 valence electrons. The van der Waals surface area contributed by atoms with Crippen LogP contribution in [0.25, 0.3) is 27.7 Å². The van der Waals surface area contributed by atoms with E-state index in [9.17, 15) is 0 Å². The largest absolute Gasteiger partial charge is 0.340 e. The van der Waals surface area contributed by atoms with Gasteiger partial charge >= 0.3 is 0 Å². The molecule has 1 aliphatic rings. The van der Waals surface area contributed by atoms with Crippen LogP contribution in [0.2, 0.25) is 0 Å². The average molecular weight is 425 g/mol. The molecule has 0 spiro atoms. The van der Waals surface area contributed by atoms with Crippen molar-refractivity contribution >= 4 is 22.3 Å². The van der Waals surface area contributed by atoms with Crippen LogP contribution in [0.5, 0.6) is 0 Å². The van der Waals surface area contributed by atoms with Gasteiger partial charge in [0.25, 0.3) is 0 Å². The van der Waals surface area contributed by atoms with Crippen LogP contribution in [-0.4, -0.2) is 44.6 Å². The van der Waals surface area contributed by atoms with Gasteiger partial charge in [-0.3, -0.25) is 4.98 Å². The van der Waals surface area contributed by atoms with Crippen molar-refractivity contribution in [2.45, 2.75) is 18.8 Å². The van der Waals surface area contributed by atoms with Crippen molar-refractivity contribution in [3.8, 4) is 11.3 Å². The Bertz CT molecular complexity index is 1270. The number of rotatable bonds is 5. The van der Waals surface area contributed by atoms with Crippen LogP contribution in [0.4, 0.5) is 5.82 Å². The third kappa shape index (κ3) is 4.14. The minimum atomic E-state index is 0.517. The highest BCUT2D eigenvalue weighted by atomic mass is 15.1. The molecule has 1 fully saturated rings. The van der Waals surface area contributed by atoms with Gasteiger partial charge in [-0.05, 0) is 62.6 Å². The van der Waals surface area contributed by atoms with E-state index in [1.807, 2.05) is 42.6 Å². The maximum absolute atomic E-state index is 4.65. The topological polar surface area (TPSA) is 58.9 Å². The van der Waals surface area contributed by atoms with Crippen molar-refractivity contribution in [2.75, 3.05) is 25.5 Å². The van der Waals surface area contributed by atoms with Gasteiger partial charge in [-0.15, -0.1) is 0 Å². The highest BCUT2D eigenvalue weighted by molar-refractivity contribution is 5.89. The fraction of sp³-hybridized carbons (Fsp3) is 0.269. The molecule has 1 aliphatic heterocycles. The predicted molar refractivity (Wildman–Crippen MR) is 130 cm³/mol. The molecule has 4 heterocycles. The van der Waals surface area contributed by atoms with Gasteiger partial charge < -0.3 is 14.8 Å². The predicted octanol–water partition coefficient (Wildman–Crippen LogP) is 4.92. The summed E-state index contributed by atoms with van der Waals surface area (Å²) in [6.07, 6.45) is 9.79. The summed E-state index contributed by atoms with van der Waals surface area (Å²) in [5, 5.41) is 5.61. The van der Waals surface area contributed by atoms with E-state index in [2.05, 4.69) is 69.1 Å². The van der Waals surface area contributed by atoms with E-state index in [0.29, 0.717) is 5.92 Å². The molecular weight excluding hydrogens is 396 g/mol. The summed E-state index contributed by atoms with van der Waals surface area (Å²) in [5.41, 5.74) is 5.26. The Morgan fingerprint density at radius 3 is 2.62 bits per heavy atom. The first-order chi connectivity index (χ1) is 15.6. The number of piperidine rings is 1. The lowest BCUT2D eigenvalue weighted by Gasteiger charge is -2.28. The van der Waals surface area contributed by atoms with E-state index < -0.39 is 0 Å². The Labute approximate surface area is 188 Å².